The Hall–Kier alpha value is -0.740. The molecule has 26 heavy (non-hydrogen) atoms. The van der Waals surface area contributed by atoms with Crippen LogP contribution in [-0.4, -0.2) is 73.6 Å². The number of nitrogens with zero attached hydrogens (tertiary/aromatic N) is 4. The predicted molar refractivity (Wildman–Crippen MR) is 117 cm³/mol. The molecule has 1 aliphatic rings. The van der Waals surface area contributed by atoms with Gasteiger partial charge in [0.25, 0.3) is 0 Å². The number of piperazine rings is 1. The summed E-state index contributed by atoms with van der Waals surface area (Å²) >= 11 is 0. The van der Waals surface area contributed by atoms with Crippen LogP contribution in [0.25, 0.3) is 0 Å². The van der Waals surface area contributed by atoms with Crippen LogP contribution in [0, 0.1) is 11.8 Å². The van der Waals surface area contributed by atoms with E-state index in [4.69, 9.17) is 9.98 Å². The summed E-state index contributed by atoms with van der Waals surface area (Å²) in [6.07, 6.45) is 4.66. The lowest BCUT2D eigenvalue weighted by Crippen LogP contribution is -2.46. The summed E-state index contributed by atoms with van der Waals surface area (Å²) in [6, 6.07) is 0. The van der Waals surface area contributed by atoms with Crippen molar-refractivity contribution in [3.05, 3.63) is 0 Å². The maximum Gasteiger partial charge on any atom is 0.0400 e. The normalized spacial score (nSPS) is 18.3. The Labute approximate surface area is 163 Å². The maximum atomic E-state index is 4.71. The van der Waals surface area contributed by atoms with E-state index in [0.29, 0.717) is 0 Å². The lowest BCUT2D eigenvalue weighted by molar-refractivity contribution is 0.131. The standard InChI is InChI=1S/C22H44N4/c1-19(2)17-21(5)23-9-7-11-25-13-15-26(16-14-25)12-8-10-24-22(6)18-20(3)4/h19-20H,7-18H2,1-6H3. The fraction of sp³-hybridized carbons (Fsp3) is 0.909. The van der Waals surface area contributed by atoms with E-state index in [-0.39, 0.29) is 0 Å². The molecule has 4 heteroatoms. The molecular formula is C22H44N4. The zero-order valence-electron chi connectivity index (χ0n) is 18.4. The molecule has 152 valence electrons. The molecule has 1 fully saturated rings. The van der Waals surface area contributed by atoms with Gasteiger partial charge in [0.1, 0.15) is 0 Å². The van der Waals surface area contributed by atoms with Crippen molar-refractivity contribution in [2.24, 2.45) is 21.8 Å². The van der Waals surface area contributed by atoms with E-state index in [1.165, 1.54) is 63.5 Å². The Morgan fingerprint density at radius 2 is 1.04 bits per heavy atom. The van der Waals surface area contributed by atoms with E-state index >= 15 is 0 Å². The average molecular weight is 365 g/mol. The van der Waals surface area contributed by atoms with Crippen molar-refractivity contribution in [3.8, 4) is 0 Å². The molecule has 0 aromatic heterocycles. The molecule has 0 bridgehead atoms. The van der Waals surface area contributed by atoms with E-state index < -0.39 is 0 Å². The highest BCUT2D eigenvalue weighted by atomic mass is 15.3. The van der Waals surface area contributed by atoms with Gasteiger partial charge in [0.15, 0.2) is 0 Å². The fourth-order valence-electron chi connectivity index (χ4n) is 3.68. The summed E-state index contributed by atoms with van der Waals surface area (Å²) in [6.45, 7) is 22.6. The summed E-state index contributed by atoms with van der Waals surface area (Å²) in [7, 11) is 0. The van der Waals surface area contributed by atoms with Crippen LogP contribution in [0.15, 0.2) is 9.98 Å². The van der Waals surface area contributed by atoms with Gasteiger partial charge in [-0.2, -0.15) is 0 Å². The number of aliphatic imine (C=N–C) groups is 2. The minimum atomic E-state index is 0.719. The first-order chi connectivity index (χ1) is 12.4. The van der Waals surface area contributed by atoms with Gasteiger partial charge in [-0.05, 0) is 64.5 Å². The Kier molecular flexibility index (Phi) is 12.0. The van der Waals surface area contributed by atoms with Crippen molar-refractivity contribution < 1.29 is 0 Å². The van der Waals surface area contributed by atoms with Gasteiger partial charge >= 0.3 is 0 Å². The first-order valence-corrected chi connectivity index (χ1v) is 10.8. The van der Waals surface area contributed by atoms with Crippen LogP contribution in [0.4, 0.5) is 0 Å². The minimum Gasteiger partial charge on any atom is -0.301 e. The lowest BCUT2D eigenvalue weighted by Gasteiger charge is -2.34. The number of hydrogen-bond acceptors (Lipinski definition) is 4. The highest BCUT2D eigenvalue weighted by Crippen LogP contribution is 2.06. The van der Waals surface area contributed by atoms with Crippen molar-refractivity contribution >= 4 is 11.4 Å². The van der Waals surface area contributed by atoms with Crippen molar-refractivity contribution in [1.82, 2.24) is 9.80 Å². The number of rotatable bonds is 12. The van der Waals surface area contributed by atoms with Gasteiger partial charge in [0.2, 0.25) is 0 Å². The molecule has 0 unspecified atom stereocenters. The molecule has 0 aromatic rings. The van der Waals surface area contributed by atoms with E-state index in [2.05, 4.69) is 51.3 Å². The highest BCUT2D eigenvalue weighted by Gasteiger charge is 2.15. The molecule has 0 atom stereocenters. The summed E-state index contributed by atoms with van der Waals surface area (Å²) in [5.41, 5.74) is 2.63. The molecule has 1 heterocycles. The molecule has 1 saturated heterocycles. The molecule has 0 aromatic carbocycles. The van der Waals surface area contributed by atoms with Crippen LogP contribution in [-0.2, 0) is 0 Å². The Balaban J connectivity index is 2.08. The van der Waals surface area contributed by atoms with Crippen LogP contribution in [0.3, 0.4) is 0 Å². The zero-order chi connectivity index (χ0) is 19.4. The average Bonchev–Trinajstić information content (AvgIpc) is 2.55. The second-order valence-electron chi connectivity index (χ2n) is 8.82. The Morgan fingerprint density at radius 3 is 1.35 bits per heavy atom. The van der Waals surface area contributed by atoms with Gasteiger partial charge in [0.05, 0.1) is 0 Å². The third-order valence-corrected chi connectivity index (χ3v) is 4.90. The van der Waals surface area contributed by atoms with Crippen LogP contribution >= 0.6 is 0 Å². The summed E-state index contributed by atoms with van der Waals surface area (Å²) < 4.78 is 0. The SMILES string of the molecule is CC(CC(C)C)=NCCCN1CCN(CCCN=C(C)CC(C)C)CC1. The maximum absolute atomic E-state index is 4.71. The first-order valence-electron chi connectivity index (χ1n) is 10.8. The Morgan fingerprint density at radius 1 is 0.692 bits per heavy atom. The highest BCUT2D eigenvalue weighted by molar-refractivity contribution is 5.82. The van der Waals surface area contributed by atoms with E-state index in [1.807, 2.05) is 0 Å². The van der Waals surface area contributed by atoms with E-state index in [0.717, 1.165) is 37.8 Å². The molecule has 0 amide bonds. The zero-order valence-corrected chi connectivity index (χ0v) is 18.4. The minimum absolute atomic E-state index is 0.719. The molecule has 0 saturated carbocycles. The van der Waals surface area contributed by atoms with Crippen LogP contribution in [0.1, 0.15) is 67.2 Å². The van der Waals surface area contributed by atoms with Gasteiger partial charge in [-0.3, -0.25) is 9.98 Å². The third kappa shape index (κ3) is 11.8. The fourth-order valence-corrected chi connectivity index (χ4v) is 3.68. The summed E-state index contributed by atoms with van der Waals surface area (Å²) in [5.74, 6) is 1.44. The molecule has 4 nitrogen and oxygen atoms in total. The molecule has 0 radical (unpaired) electrons. The van der Waals surface area contributed by atoms with Crippen LogP contribution in [0.5, 0.6) is 0 Å². The largest absolute Gasteiger partial charge is 0.301 e. The third-order valence-electron chi connectivity index (χ3n) is 4.90. The second-order valence-corrected chi connectivity index (χ2v) is 8.82. The van der Waals surface area contributed by atoms with Crippen LogP contribution < -0.4 is 0 Å². The van der Waals surface area contributed by atoms with E-state index in [1.54, 1.807) is 0 Å². The summed E-state index contributed by atoms with van der Waals surface area (Å²) in [4.78, 5) is 14.6. The van der Waals surface area contributed by atoms with Gasteiger partial charge < -0.3 is 9.80 Å². The monoisotopic (exact) mass is 364 g/mol. The second kappa shape index (κ2) is 13.4. The molecule has 0 aliphatic carbocycles. The van der Waals surface area contributed by atoms with E-state index in [9.17, 15) is 0 Å². The number of hydrogen-bond donors (Lipinski definition) is 0. The van der Waals surface area contributed by atoms with Gasteiger partial charge in [0, 0.05) is 50.7 Å². The van der Waals surface area contributed by atoms with Crippen LogP contribution in [0.2, 0.25) is 0 Å². The predicted octanol–water partition coefficient (Wildman–Crippen LogP) is 4.40. The van der Waals surface area contributed by atoms with Crippen molar-refractivity contribution in [1.29, 1.82) is 0 Å². The molecular weight excluding hydrogens is 320 g/mol. The van der Waals surface area contributed by atoms with Gasteiger partial charge in [-0.15, -0.1) is 0 Å². The molecule has 0 N–H and O–H groups in total. The molecule has 0 spiro atoms. The van der Waals surface area contributed by atoms with Crippen molar-refractivity contribution in [3.63, 3.8) is 0 Å². The van der Waals surface area contributed by atoms with Crippen molar-refractivity contribution in [2.45, 2.75) is 67.2 Å². The lowest BCUT2D eigenvalue weighted by atomic mass is 10.1. The smallest absolute Gasteiger partial charge is 0.0400 e. The topological polar surface area (TPSA) is 31.2 Å². The van der Waals surface area contributed by atoms with Crippen molar-refractivity contribution in [2.75, 3.05) is 52.4 Å². The quantitative estimate of drug-likeness (QED) is 0.380. The van der Waals surface area contributed by atoms with Gasteiger partial charge in [-0.25, -0.2) is 0 Å². The molecule has 1 aliphatic heterocycles. The molecule has 1 rings (SSSR count). The summed E-state index contributed by atoms with van der Waals surface area (Å²) in [5, 5.41) is 0. The van der Waals surface area contributed by atoms with Gasteiger partial charge in [-0.1, -0.05) is 27.7 Å². The first kappa shape index (κ1) is 23.3. The Bertz CT molecular complexity index is 378.